The maximum Gasteiger partial charge on any atom is 0.150 e. The molecular formula is C20H34N2O2. The van der Waals surface area contributed by atoms with Crippen LogP contribution in [0.4, 0.5) is 5.69 Å². The molecule has 0 atom stereocenters. The summed E-state index contributed by atoms with van der Waals surface area (Å²) in [7, 11) is 0. The predicted molar refractivity (Wildman–Crippen MR) is 102 cm³/mol. The topological polar surface area (TPSA) is 52.6 Å². The van der Waals surface area contributed by atoms with Gasteiger partial charge in [0.25, 0.3) is 0 Å². The normalized spacial score (nSPS) is 11.0. The minimum Gasteiger partial charge on any atom is -0.396 e. The highest BCUT2D eigenvalue weighted by molar-refractivity contribution is 5.75. The highest BCUT2D eigenvalue weighted by Gasteiger charge is 2.04. The van der Waals surface area contributed by atoms with Gasteiger partial charge in [-0.05, 0) is 63.0 Å². The third kappa shape index (κ3) is 9.68. The Kier molecular flexibility index (Phi) is 12.0. The summed E-state index contributed by atoms with van der Waals surface area (Å²) in [5, 5.41) is 12.3. The predicted octanol–water partition coefficient (Wildman–Crippen LogP) is 3.96. The molecule has 0 aliphatic heterocycles. The van der Waals surface area contributed by atoms with E-state index in [2.05, 4.69) is 17.1 Å². The first-order chi connectivity index (χ1) is 11.8. The molecule has 0 fully saturated rings. The number of anilines is 1. The Balaban J connectivity index is 2.30. The Bertz CT molecular complexity index is 408. The zero-order chi connectivity index (χ0) is 17.5. The molecule has 24 heavy (non-hydrogen) atoms. The lowest BCUT2D eigenvalue weighted by atomic mass is 10.2. The van der Waals surface area contributed by atoms with Crippen LogP contribution in [0.3, 0.4) is 0 Å². The third-order valence-corrected chi connectivity index (χ3v) is 4.26. The zero-order valence-corrected chi connectivity index (χ0v) is 15.2. The lowest BCUT2D eigenvalue weighted by Crippen LogP contribution is -2.31. The third-order valence-electron chi connectivity index (χ3n) is 4.26. The molecule has 0 aliphatic rings. The molecule has 0 saturated carbocycles. The van der Waals surface area contributed by atoms with Crippen molar-refractivity contribution in [2.24, 2.45) is 0 Å². The molecule has 0 bridgehead atoms. The number of aliphatic hydroxyl groups is 1. The fourth-order valence-corrected chi connectivity index (χ4v) is 2.76. The standard InChI is InChI=1S/C20H34N2O2/c1-2-3-4-6-14-22(15-7-5-8-17-23)16-13-21-20-11-9-19(18-24)10-12-20/h9-12,18,21,23H,2-8,13-17H2,1H3. The largest absolute Gasteiger partial charge is 0.396 e. The van der Waals surface area contributed by atoms with Gasteiger partial charge in [-0.1, -0.05) is 26.2 Å². The molecule has 2 N–H and O–H groups in total. The number of unbranched alkanes of at least 4 members (excludes halogenated alkanes) is 5. The van der Waals surface area contributed by atoms with E-state index in [9.17, 15) is 4.79 Å². The van der Waals surface area contributed by atoms with Crippen molar-refractivity contribution < 1.29 is 9.90 Å². The second-order valence-electron chi connectivity index (χ2n) is 6.35. The minimum absolute atomic E-state index is 0.300. The van der Waals surface area contributed by atoms with Gasteiger partial charge in [-0.2, -0.15) is 0 Å². The maximum atomic E-state index is 10.7. The molecule has 0 aliphatic carbocycles. The van der Waals surface area contributed by atoms with Crippen LogP contribution in [0.1, 0.15) is 62.2 Å². The van der Waals surface area contributed by atoms with Crippen LogP contribution >= 0.6 is 0 Å². The molecule has 1 aromatic rings. The van der Waals surface area contributed by atoms with Crippen LogP contribution < -0.4 is 5.32 Å². The van der Waals surface area contributed by atoms with E-state index in [0.29, 0.717) is 12.2 Å². The summed E-state index contributed by atoms with van der Waals surface area (Å²) in [4.78, 5) is 13.2. The molecule has 136 valence electrons. The van der Waals surface area contributed by atoms with E-state index in [0.717, 1.165) is 57.4 Å². The number of nitrogens with zero attached hydrogens (tertiary/aromatic N) is 1. The van der Waals surface area contributed by atoms with Crippen LogP contribution in [-0.2, 0) is 0 Å². The van der Waals surface area contributed by atoms with Crippen molar-refractivity contribution >= 4 is 12.0 Å². The van der Waals surface area contributed by atoms with Crippen LogP contribution in [0.15, 0.2) is 24.3 Å². The van der Waals surface area contributed by atoms with Crippen LogP contribution in [0, 0.1) is 0 Å². The van der Waals surface area contributed by atoms with Gasteiger partial charge >= 0.3 is 0 Å². The Labute approximate surface area is 147 Å². The molecule has 0 radical (unpaired) electrons. The van der Waals surface area contributed by atoms with Gasteiger partial charge in [0.15, 0.2) is 0 Å². The van der Waals surface area contributed by atoms with Crippen molar-refractivity contribution in [3.05, 3.63) is 29.8 Å². The summed E-state index contributed by atoms with van der Waals surface area (Å²) < 4.78 is 0. The van der Waals surface area contributed by atoms with Crippen LogP contribution in [0.2, 0.25) is 0 Å². The van der Waals surface area contributed by atoms with E-state index in [1.807, 2.05) is 24.3 Å². The fourth-order valence-electron chi connectivity index (χ4n) is 2.76. The van der Waals surface area contributed by atoms with Gasteiger partial charge in [0.2, 0.25) is 0 Å². The number of aliphatic hydroxyl groups excluding tert-OH is 1. The molecule has 0 amide bonds. The first-order valence-corrected chi connectivity index (χ1v) is 9.42. The van der Waals surface area contributed by atoms with Gasteiger partial charge in [-0.15, -0.1) is 0 Å². The summed E-state index contributed by atoms with van der Waals surface area (Å²) in [6.45, 7) is 6.75. The van der Waals surface area contributed by atoms with Gasteiger partial charge < -0.3 is 15.3 Å². The highest BCUT2D eigenvalue weighted by Crippen LogP contribution is 2.08. The molecule has 1 aromatic carbocycles. The van der Waals surface area contributed by atoms with Gasteiger partial charge in [0.1, 0.15) is 6.29 Å². The number of nitrogens with one attached hydrogen (secondary N) is 1. The Morgan fingerprint density at radius 3 is 2.21 bits per heavy atom. The van der Waals surface area contributed by atoms with E-state index in [4.69, 9.17) is 5.11 Å². The van der Waals surface area contributed by atoms with E-state index in [1.165, 1.54) is 25.7 Å². The maximum absolute atomic E-state index is 10.7. The first kappa shape index (κ1) is 20.7. The number of aldehydes is 1. The Morgan fingerprint density at radius 2 is 1.62 bits per heavy atom. The van der Waals surface area contributed by atoms with Gasteiger partial charge in [0, 0.05) is 30.9 Å². The van der Waals surface area contributed by atoms with Crippen molar-refractivity contribution in [2.75, 3.05) is 38.1 Å². The summed E-state index contributed by atoms with van der Waals surface area (Å²) in [6.07, 6.45) is 9.20. The molecule has 0 saturated heterocycles. The molecule has 0 unspecified atom stereocenters. The lowest BCUT2D eigenvalue weighted by Gasteiger charge is -2.23. The summed E-state index contributed by atoms with van der Waals surface area (Å²) in [5.74, 6) is 0. The molecule has 4 nitrogen and oxygen atoms in total. The molecule has 0 aromatic heterocycles. The van der Waals surface area contributed by atoms with Crippen molar-refractivity contribution in [3.8, 4) is 0 Å². The van der Waals surface area contributed by atoms with Gasteiger partial charge in [-0.25, -0.2) is 0 Å². The average molecular weight is 335 g/mol. The van der Waals surface area contributed by atoms with E-state index < -0.39 is 0 Å². The number of carbonyl (C=O) groups excluding carboxylic acids is 1. The summed E-state index contributed by atoms with van der Waals surface area (Å²) in [6, 6.07) is 7.59. The molecule has 0 heterocycles. The molecular weight excluding hydrogens is 300 g/mol. The quantitative estimate of drug-likeness (QED) is 0.377. The number of hydrogen-bond donors (Lipinski definition) is 2. The molecule has 0 spiro atoms. The number of rotatable bonds is 15. The average Bonchev–Trinajstić information content (AvgIpc) is 2.62. The first-order valence-electron chi connectivity index (χ1n) is 9.42. The van der Waals surface area contributed by atoms with Crippen molar-refractivity contribution in [1.29, 1.82) is 0 Å². The zero-order valence-electron chi connectivity index (χ0n) is 15.2. The monoisotopic (exact) mass is 334 g/mol. The van der Waals surface area contributed by atoms with Crippen molar-refractivity contribution in [3.63, 3.8) is 0 Å². The van der Waals surface area contributed by atoms with E-state index in [1.54, 1.807) is 0 Å². The van der Waals surface area contributed by atoms with Crippen LogP contribution in [-0.4, -0.2) is 49.1 Å². The minimum atomic E-state index is 0.300. The number of benzene rings is 1. The van der Waals surface area contributed by atoms with E-state index >= 15 is 0 Å². The smallest absolute Gasteiger partial charge is 0.150 e. The number of hydrogen-bond acceptors (Lipinski definition) is 4. The van der Waals surface area contributed by atoms with Gasteiger partial charge in [0.05, 0.1) is 0 Å². The van der Waals surface area contributed by atoms with Crippen molar-refractivity contribution in [1.82, 2.24) is 4.90 Å². The fraction of sp³-hybridized carbons (Fsp3) is 0.650. The lowest BCUT2D eigenvalue weighted by molar-refractivity contribution is 0.112. The highest BCUT2D eigenvalue weighted by atomic mass is 16.2. The van der Waals surface area contributed by atoms with Crippen molar-refractivity contribution in [2.45, 2.75) is 51.9 Å². The summed E-state index contributed by atoms with van der Waals surface area (Å²) in [5.41, 5.74) is 1.77. The van der Waals surface area contributed by atoms with Crippen LogP contribution in [0.25, 0.3) is 0 Å². The Hall–Kier alpha value is -1.39. The summed E-state index contributed by atoms with van der Waals surface area (Å²) >= 11 is 0. The SMILES string of the molecule is CCCCCCN(CCCCCO)CCNc1ccc(C=O)cc1. The second-order valence-corrected chi connectivity index (χ2v) is 6.35. The second kappa shape index (κ2) is 14.0. The molecule has 4 heteroatoms. The van der Waals surface area contributed by atoms with Crippen LogP contribution in [0.5, 0.6) is 0 Å². The van der Waals surface area contributed by atoms with E-state index in [-0.39, 0.29) is 0 Å². The Morgan fingerprint density at radius 1 is 0.958 bits per heavy atom. The van der Waals surface area contributed by atoms with Gasteiger partial charge in [-0.3, -0.25) is 4.79 Å². The molecule has 1 rings (SSSR count). The number of carbonyl (C=O) groups is 1.